The topological polar surface area (TPSA) is 77.9 Å². The number of aliphatic carboxylic acids is 1. The van der Waals surface area contributed by atoms with Crippen molar-refractivity contribution in [3.8, 4) is 0 Å². The van der Waals surface area contributed by atoms with Crippen LogP contribution in [0, 0.1) is 5.82 Å². The van der Waals surface area contributed by atoms with Crippen molar-refractivity contribution in [3.05, 3.63) is 35.6 Å². The molecule has 0 spiro atoms. The standard InChI is InChI=1S/C14H15FN2O4/c15-11-3-1-10(2-4-11)9-17-8-7-16(6-5-12(18)19)13(20)14(17)21/h1-4H,5-9H2,(H,18,19). The molecule has 0 saturated carbocycles. The SMILES string of the molecule is O=C(O)CCN1CCN(Cc2ccc(F)cc2)C(=O)C1=O. The molecule has 2 rings (SSSR count). The van der Waals surface area contributed by atoms with Gasteiger partial charge in [-0.3, -0.25) is 14.4 Å². The van der Waals surface area contributed by atoms with Crippen LogP contribution in [0.4, 0.5) is 4.39 Å². The quantitative estimate of drug-likeness (QED) is 0.801. The first-order valence-electron chi connectivity index (χ1n) is 6.52. The first kappa shape index (κ1) is 15.0. The Balaban J connectivity index is 1.96. The number of carboxylic acids is 1. The van der Waals surface area contributed by atoms with Crippen LogP contribution in [0.3, 0.4) is 0 Å². The largest absolute Gasteiger partial charge is 0.481 e. The van der Waals surface area contributed by atoms with Gasteiger partial charge in [-0.25, -0.2) is 4.39 Å². The number of carbonyl (C=O) groups is 3. The molecule has 6 nitrogen and oxygen atoms in total. The summed E-state index contributed by atoms with van der Waals surface area (Å²) in [5.74, 6) is -2.72. The summed E-state index contributed by atoms with van der Waals surface area (Å²) in [7, 11) is 0. The Labute approximate surface area is 120 Å². The van der Waals surface area contributed by atoms with Gasteiger partial charge in [-0.15, -0.1) is 0 Å². The minimum atomic E-state index is -1.01. The van der Waals surface area contributed by atoms with Crippen molar-refractivity contribution >= 4 is 17.8 Å². The lowest BCUT2D eigenvalue weighted by molar-refractivity contribution is -0.157. The van der Waals surface area contributed by atoms with Crippen molar-refractivity contribution in [1.29, 1.82) is 0 Å². The first-order valence-corrected chi connectivity index (χ1v) is 6.52. The second kappa shape index (κ2) is 6.34. The number of benzene rings is 1. The van der Waals surface area contributed by atoms with Crippen LogP contribution in [0.25, 0.3) is 0 Å². The summed E-state index contributed by atoms with van der Waals surface area (Å²) in [5, 5.41) is 8.60. The molecule has 21 heavy (non-hydrogen) atoms. The molecule has 1 saturated heterocycles. The van der Waals surface area contributed by atoms with Gasteiger partial charge >= 0.3 is 17.8 Å². The van der Waals surface area contributed by atoms with Gasteiger partial charge in [0, 0.05) is 26.2 Å². The van der Waals surface area contributed by atoms with Crippen molar-refractivity contribution in [2.45, 2.75) is 13.0 Å². The van der Waals surface area contributed by atoms with E-state index in [9.17, 15) is 18.8 Å². The summed E-state index contributed by atoms with van der Waals surface area (Å²) in [5.41, 5.74) is 0.733. The Kier molecular flexibility index (Phi) is 4.52. The van der Waals surface area contributed by atoms with Crippen LogP contribution in [0.5, 0.6) is 0 Å². The highest BCUT2D eigenvalue weighted by molar-refractivity contribution is 6.35. The van der Waals surface area contributed by atoms with Crippen molar-refractivity contribution in [2.24, 2.45) is 0 Å². The Bertz CT molecular complexity index is 559. The minimum absolute atomic E-state index is 0.0320. The lowest BCUT2D eigenvalue weighted by Crippen LogP contribution is -2.54. The van der Waals surface area contributed by atoms with E-state index in [4.69, 9.17) is 5.11 Å². The number of nitrogens with zero attached hydrogens (tertiary/aromatic N) is 2. The molecule has 112 valence electrons. The molecule has 0 unspecified atom stereocenters. The van der Waals surface area contributed by atoms with Gasteiger partial charge in [0.2, 0.25) is 0 Å². The van der Waals surface area contributed by atoms with Gasteiger partial charge in [-0.2, -0.15) is 0 Å². The number of amides is 2. The molecule has 1 aliphatic heterocycles. The maximum atomic E-state index is 12.8. The van der Waals surface area contributed by atoms with Crippen molar-refractivity contribution in [3.63, 3.8) is 0 Å². The highest BCUT2D eigenvalue weighted by Gasteiger charge is 2.32. The second-order valence-electron chi connectivity index (χ2n) is 4.79. The van der Waals surface area contributed by atoms with Gasteiger partial charge in [0.15, 0.2) is 0 Å². The van der Waals surface area contributed by atoms with Gasteiger partial charge < -0.3 is 14.9 Å². The summed E-state index contributed by atoms with van der Waals surface area (Å²) < 4.78 is 12.8. The number of rotatable bonds is 5. The Morgan fingerprint density at radius 1 is 1.10 bits per heavy atom. The molecule has 1 aromatic carbocycles. The van der Waals surface area contributed by atoms with Crippen molar-refractivity contribution in [1.82, 2.24) is 9.80 Å². The van der Waals surface area contributed by atoms with E-state index in [1.165, 1.54) is 21.9 Å². The second-order valence-corrected chi connectivity index (χ2v) is 4.79. The van der Waals surface area contributed by atoms with Crippen LogP contribution in [0.1, 0.15) is 12.0 Å². The third kappa shape index (κ3) is 3.77. The average Bonchev–Trinajstić information content (AvgIpc) is 2.45. The van der Waals surface area contributed by atoms with Gasteiger partial charge in [-0.05, 0) is 17.7 Å². The predicted octanol–water partition coefficient (Wildman–Crippen LogP) is 0.471. The zero-order chi connectivity index (χ0) is 15.4. The number of hydrogen-bond donors (Lipinski definition) is 1. The summed E-state index contributed by atoms with van der Waals surface area (Å²) in [6, 6.07) is 5.71. The van der Waals surface area contributed by atoms with E-state index in [1.54, 1.807) is 12.1 Å². The molecule has 0 aromatic heterocycles. The molecular weight excluding hydrogens is 279 g/mol. The lowest BCUT2D eigenvalue weighted by Gasteiger charge is -2.33. The number of hydrogen-bond acceptors (Lipinski definition) is 3. The molecule has 1 aromatic rings. The number of piperazine rings is 1. The number of carbonyl (C=O) groups excluding carboxylic acids is 2. The molecule has 2 amide bonds. The summed E-state index contributed by atoms with van der Waals surface area (Å²) in [4.78, 5) is 37.0. The third-order valence-electron chi connectivity index (χ3n) is 3.28. The molecular formula is C14H15FN2O4. The van der Waals surface area contributed by atoms with Crippen LogP contribution in [0.15, 0.2) is 24.3 Å². The Hall–Kier alpha value is -2.44. The fourth-order valence-corrected chi connectivity index (χ4v) is 2.12. The Morgan fingerprint density at radius 3 is 2.29 bits per heavy atom. The molecule has 1 heterocycles. The third-order valence-corrected chi connectivity index (χ3v) is 3.28. The monoisotopic (exact) mass is 294 g/mol. The van der Waals surface area contributed by atoms with E-state index >= 15 is 0 Å². The van der Waals surface area contributed by atoms with E-state index in [-0.39, 0.29) is 25.3 Å². The fourth-order valence-electron chi connectivity index (χ4n) is 2.12. The first-order chi connectivity index (χ1) is 9.97. The zero-order valence-corrected chi connectivity index (χ0v) is 11.3. The number of halogens is 1. The van der Waals surface area contributed by atoms with E-state index in [1.807, 2.05) is 0 Å². The van der Waals surface area contributed by atoms with Gasteiger partial charge in [-0.1, -0.05) is 12.1 Å². The lowest BCUT2D eigenvalue weighted by atomic mass is 10.2. The molecule has 0 radical (unpaired) electrons. The molecule has 0 bridgehead atoms. The number of carboxylic acid groups (broad SMARTS) is 1. The highest BCUT2D eigenvalue weighted by atomic mass is 19.1. The predicted molar refractivity (Wildman–Crippen MR) is 70.6 cm³/mol. The fraction of sp³-hybridized carbons (Fsp3) is 0.357. The van der Waals surface area contributed by atoms with Crippen LogP contribution in [0.2, 0.25) is 0 Å². The molecule has 1 aliphatic rings. The Morgan fingerprint density at radius 2 is 1.67 bits per heavy atom. The molecule has 1 fully saturated rings. The van der Waals surface area contributed by atoms with E-state index in [2.05, 4.69) is 0 Å². The zero-order valence-electron chi connectivity index (χ0n) is 11.3. The molecule has 0 atom stereocenters. The maximum Gasteiger partial charge on any atom is 0.312 e. The summed E-state index contributed by atoms with van der Waals surface area (Å²) >= 11 is 0. The van der Waals surface area contributed by atoms with E-state index in [0.29, 0.717) is 13.1 Å². The smallest absolute Gasteiger partial charge is 0.312 e. The summed E-state index contributed by atoms with van der Waals surface area (Å²) in [6.07, 6.45) is -0.184. The van der Waals surface area contributed by atoms with E-state index in [0.717, 1.165) is 5.56 Å². The highest BCUT2D eigenvalue weighted by Crippen LogP contribution is 2.11. The summed E-state index contributed by atoms with van der Waals surface area (Å²) in [6.45, 7) is 0.905. The van der Waals surface area contributed by atoms with Crippen LogP contribution in [-0.2, 0) is 20.9 Å². The van der Waals surface area contributed by atoms with Gasteiger partial charge in [0.05, 0.1) is 6.42 Å². The average molecular weight is 294 g/mol. The van der Waals surface area contributed by atoms with Crippen LogP contribution >= 0.6 is 0 Å². The molecule has 1 N–H and O–H groups in total. The van der Waals surface area contributed by atoms with Crippen LogP contribution < -0.4 is 0 Å². The van der Waals surface area contributed by atoms with Gasteiger partial charge in [0.1, 0.15) is 5.82 Å². The van der Waals surface area contributed by atoms with Gasteiger partial charge in [0.25, 0.3) is 0 Å². The molecule has 7 heteroatoms. The van der Waals surface area contributed by atoms with Crippen molar-refractivity contribution in [2.75, 3.05) is 19.6 Å². The maximum absolute atomic E-state index is 12.8. The van der Waals surface area contributed by atoms with Crippen LogP contribution in [-0.4, -0.2) is 52.3 Å². The minimum Gasteiger partial charge on any atom is -0.481 e. The molecule has 0 aliphatic carbocycles. The van der Waals surface area contributed by atoms with E-state index < -0.39 is 17.8 Å². The normalized spacial score (nSPS) is 15.5. The van der Waals surface area contributed by atoms with Crippen molar-refractivity contribution < 1.29 is 23.9 Å².